The highest BCUT2D eigenvalue weighted by Gasteiger charge is 2.06. The van der Waals surface area contributed by atoms with E-state index >= 15 is 0 Å². The molecular weight excluding hydrogens is 360 g/mol. The molecule has 0 aliphatic heterocycles. The molecule has 0 saturated heterocycles. The Bertz CT molecular complexity index is 932. The maximum atomic E-state index is 12.3. The van der Waals surface area contributed by atoms with E-state index in [-0.39, 0.29) is 5.78 Å². The van der Waals surface area contributed by atoms with E-state index in [0.29, 0.717) is 28.7 Å². The van der Waals surface area contributed by atoms with Gasteiger partial charge in [-0.05, 0) is 53.6 Å². The molecule has 0 saturated carbocycles. The van der Waals surface area contributed by atoms with Gasteiger partial charge in [-0.15, -0.1) is 0 Å². The molecule has 0 atom stereocenters. The van der Waals surface area contributed by atoms with Crippen molar-refractivity contribution in [1.82, 2.24) is 0 Å². The number of halogens is 1. The second kappa shape index (κ2) is 9.06. The molecule has 0 N–H and O–H groups in total. The summed E-state index contributed by atoms with van der Waals surface area (Å²) >= 11 is 5.85. The van der Waals surface area contributed by atoms with E-state index in [4.69, 9.17) is 21.1 Å². The molecule has 3 aromatic rings. The van der Waals surface area contributed by atoms with Crippen LogP contribution in [0.2, 0.25) is 5.02 Å². The van der Waals surface area contributed by atoms with E-state index in [2.05, 4.69) is 0 Å². The second-order valence-corrected chi connectivity index (χ2v) is 6.33. The predicted octanol–water partition coefficient (Wildman–Crippen LogP) is 5.82. The molecule has 3 aromatic carbocycles. The molecule has 3 rings (SSSR count). The van der Waals surface area contributed by atoms with Crippen LogP contribution in [0.5, 0.6) is 11.5 Å². The number of allylic oxidation sites excluding steroid dienone is 1. The van der Waals surface area contributed by atoms with Gasteiger partial charge in [-0.2, -0.15) is 0 Å². The number of hydrogen-bond acceptors (Lipinski definition) is 3. The normalized spacial score (nSPS) is 10.7. The number of carbonyl (C=O) groups excluding carboxylic acids is 1. The van der Waals surface area contributed by atoms with Crippen LogP contribution in [-0.2, 0) is 6.61 Å². The minimum atomic E-state index is -0.0887. The van der Waals surface area contributed by atoms with Gasteiger partial charge in [0.05, 0.1) is 7.11 Å². The minimum absolute atomic E-state index is 0.0887. The zero-order valence-corrected chi connectivity index (χ0v) is 15.6. The van der Waals surface area contributed by atoms with Crippen LogP contribution in [0.15, 0.2) is 78.9 Å². The van der Waals surface area contributed by atoms with Crippen molar-refractivity contribution in [2.24, 2.45) is 0 Å². The van der Waals surface area contributed by atoms with Gasteiger partial charge < -0.3 is 9.47 Å². The van der Waals surface area contributed by atoms with Crippen molar-refractivity contribution in [3.8, 4) is 11.5 Å². The summed E-state index contributed by atoms with van der Waals surface area (Å²) in [5.41, 5.74) is 2.50. The Morgan fingerprint density at radius 2 is 1.70 bits per heavy atom. The third kappa shape index (κ3) is 5.22. The Morgan fingerprint density at radius 1 is 0.963 bits per heavy atom. The van der Waals surface area contributed by atoms with E-state index in [1.165, 1.54) is 6.08 Å². The number of rotatable bonds is 7. The largest absolute Gasteiger partial charge is 0.493 e. The first kappa shape index (κ1) is 18.7. The zero-order valence-electron chi connectivity index (χ0n) is 14.9. The zero-order chi connectivity index (χ0) is 19.1. The van der Waals surface area contributed by atoms with Gasteiger partial charge in [0.1, 0.15) is 6.61 Å². The number of hydrogen-bond donors (Lipinski definition) is 0. The van der Waals surface area contributed by atoms with E-state index in [0.717, 1.165) is 11.1 Å². The summed E-state index contributed by atoms with van der Waals surface area (Å²) in [6.45, 7) is 0.439. The molecule has 0 spiro atoms. The van der Waals surface area contributed by atoms with Crippen LogP contribution in [-0.4, -0.2) is 12.9 Å². The Labute approximate surface area is 163 Å². The Kier molecular flexibility index (Phi) is 6.29. The van der Waals surface area contributed by atoms with Crippen LogP contribution in [0.1, 0.15) is 21.5 Å². The highest BCUT2D eigenvalue weighted by atomic mass is 35.5. The van der Waals surface area contributed by atoms with Gasteiger partial charge in [-0.3, -0.25) is 4.79 Å². The minimum Gasteiger partial charge on any atom is -0.493 e. The number of ether oxygens (including phenoxy) is 2. The summed E-state index contributed by atoms with van der Waals surface area (Å²) in [5, 5.41) is 0.603. The van der Waals surface area contributed by atoms with E-state index in [1.54, 1.807) is 37.5 Å². The number of methoxy groups -OCH3 is 1. The van der Waals surface area contributed by atoms with Gasteiger partial charge in [-0.25, -0.2) is 0 Å². The molecule has 0 fully saturated rings. The van der Waals surface area contributed by atoms with Crippen LogP contribution in [0.4, 0.5) is 0 Å². The van der Waals surface area contributed by atoms with Crippen molar-refractivity contribution in [2.45, 2.75) is 6.61 Å². The quantitative estimate of drug-likeness (QED) is 0.383. The average molecular weight is 379 g/mol. The summed E-state index contributed by atoms with van der Waals surface area (Å²) in [4.78, 5) is 12.3. The van der Waals surface area contributed by atoms with Gasteiger partial charge in [0.15, 0.2) is 17.3 Å². The van der Waals surface area contributed by atoms with Gasteiger partial charge in [-0.1, -0.05) is 54.1 Å². The summed E-state index contributed by atoms with van der Waals surface area (Å²) in [6.07, 6.45) is 3.29. The molecule has 3 nitrogen and oxygen atoms in total. The van der Waals surface area contributed by atoms with Crippen LogP contribution in [0.3, 0.4) is 0 Å². The lowest BCUT2D eigenvalue weighted by Crippen LogP contribution is -1.98. The van der Waals surface area contributed by atoms with Crippen LogP contribution < -0.4 is 9.47 Å². The molecule has 0 aliphatic carbocycles. The Hall–Kier alpha value is -3.04. The fraction of sp³-hybridized carbons (Fsp3) is 0.0870. The molecular formula is C23H19ClO3. The Balaban J connectivity index is 1.73. The van der Waals surface area contributed by atoms with Gasteiger partial charge in [0, 0.05) is 10.6 Å². The maximum absolute atomic E-state index is 12.3. The Morgan fingerprint density at radius 3 is 2.41 bits per heavy atom. The maximum Gasteiger partial charge on any atom is 0.185 e. The molecule has 0 unspecified atom stereocenters. The van der Waals surface area contributed by atoms with Gasteiger partial charge in [0.2, 0.25) is 0 Å². The van der Waals surface area contributed by atoms with Crippen molar-refractivity contribution in [1.29, 1.82) is 0 Å². The third-order valence-corrected chi connectivity index (χ3v) is 4.23. The topological polar surface area (TPSA) is 35.5 Å². The van der Waals surface area contributed by atoms with Gasteiger partial charge >= 0.3 is 0 Å². The molecule has 0 aromatic heterocycles. The monoisotopic (exact) mass is 378 g/mol. The third-order valence-electron chi connectivity index (χ3n) is 3.98. The summed E-state index contributed by atoms with van der Waals surface area (Å²) < 4.78 is 11.3. The molecule has 0 bridgehead atoms. The van der Waals surface area contributed by atoms with Crippen molar-refractivity contribution in [3.63, 3.8) is 0 Å². The summed E-state index contributed by atoms with van der Waals surface area (Å²) in [5.74, 6) is 1.18. The number of benzene rings is 3. The summed E-state index contributed by atoms with van der Waals surface area (Å²) in [6, 6.07) is 22.3. The second-order valence-electron chi connectivity index (χ2n) is 5.89. The molecule has 0 amide bonds. The SMILES string of the molecule is COc1ccc(C=CC(=O)c2ccc(Cl)cc2)cc1OCc1ccccc1. The van der Waals surface area contributed by atoms with Crippen molar-refractivity contribution >= 4 is 23.5 Å². The van der Waals surface area contributed by atoms with E-state index in [1.807, 2.05) is 48.5 Å². The molecule has 0 radical (unpaired) electrons. The van der Waals surface area contributed by atoms with Crippen molar-refractivity contribution < 1.29 is 14.3 Å². The molecule has 136 valence electrons. The lowest BCUT2D eigenvalue weighted by Gasteiger charge is -2.11. The van der Waals surface area contributed by atoms with Crippen LogP contribution >= 0.6 is 11.6 Å². The predicted molar refractivity (Wildman–Crippen MR) is 109 cm³/mol. The van der Waals surface area contributed by atoms with E-state index < -0.39 is 0 Å². The van der Waals surface area contributed by atoms with Crippen LogP contribution in [0, 0.1) is 0 Å². The fourth-order valence-corrected chi connectivity index (χ4v) is 2.65. The molecule has 0 aliphatic rings. The number of carbonyl (C=O) groups is 1. The van der Waals surface area contributed by atoms with Crippen molar-refractivity contribution in [3.05, 3.63) is 101 Å². The van der Waals surface area contributed by atoms with Crippen molar-refractivity contribution in [2.75, 3.05) is 7.11 Å². The highest BCUT2D eigenvalue weighted by molar-refractivity contribution is 6.30. The lowest BCUT2D eigenvalue weighted by molar-refractivity contribution is 0.104. The summed E-state index contributed by atoms with van der Waals surface area (Å²) in [7, 11) is 1.60. The molecule has 0 heterocycles. The highest BCUT2D eigenvalue weighted by Crippen LogP contribution is 2.29. The fourth-order valence-electron chi connectivity index (χ4n) is 2.53. The lowest BCUT2D eigenvalue weighted by atomic mass is 10.1. The van der Waals surface area contributed by atoms with E-state index in [9.17, 15) is 4.79 Å². The van der Waals surface area contributed by atoms with Gasteiger partial charge in [0.25, 0.3) is 0 Å². The first-order valence-electron chi connectivity index (χ1n) is 8.48. The first-order chi connectivity index (χ1) is 13.2. The standard InChI is InChI=1S/C23H19ClO3/c1-26-22-14-8-17(7-13-21(25)19-9-11-20(24)12-10-19)15-23(22)27-16-18-5-3-2-4-6-18/h2-15H,16H2,1H3. The molecule has 4 heteroatoms. The average Bonchev–Trinajstić information content (AvgIpc) is 2.71. The molecule has 27 heavy (non-hydrogen) atoms. The first-order valence-corrected chi connectivity index (χ1v) is 8.86. The number of ketones is 1. The smallest absolute Gasteiger partial charge is 0.185 e. The van der Waals surface area contributed by atoms with Crippen LogP contribution in [0.25, 0.3) is 6.08 Å².